The lowest BCUT2D eigenvalue weighted by atomic mass is 9.76. The lowest BCUT2D eigenvalue weighted by Gasteiger charge is -2.28. The molecule has 0 saturated heterocycles. The molecular formula is C11H16O3. The van der Waals surface area contributed by atoms with E-state index in [0.29, 0.717) is 31.7 Å². The fraction of sp³-hybridized carbons (Fsp3) is 0.818. The molecule has 14 heavy (non-hydrogen) atoms. The second-order valence-corrected chi connectivity index (χ2v) is 4.42. The number of Topliss-reactive ketones (excluding diaryl/α,β-unsaturated/α-hetero) is 1. The maximum atomic E-state index is 11.6. The van der Waals surface area contributed by atoms with Crippen molar-refractivity contribution in [2.45, 2.75) is 39.0 Å². The topological polar surface area (TPSA) is 43.4 Å². The van der Waals surface area contributed by atoms with E-state index >= 15 is 0 Å². The molecule has 0 aromatic rings. The van der Waals surface area contributed by atoms with Crippen LogP contribution in [0.4, 0.5) is 0 Å². The fourth-order valence-corrected chi connectivity index (χ4v) is 2.51. The van der Waals surface area contributed by atoms with E-state index in [1.165, 1.54) is 0 Å². The molecule has 0 heterocycles. The zero-order chi connectivity index (χ0) is 10.2. The van der Waals surface area contributed by atoms with Gasteiger partial charge in [-0.15, -0.1) is 0 Å². The third-order valence-corrected chi connectivity index (χ3v) is 3.46. The minimum Gasteiger partial charge on any atom is -0.466 e. The highest BCUT2D eigenvalue weighted by atomic mass is 16.5. The molecule has 3 nitrogen and oxygen atoms in total. The molecule has 78 valence electrons. The summed E-state index contributed by atoms with van der Waals surface area (Å²) in [6, 6.07) is 0. The number of carbonyl (C=O) groups excluding carboxylic acids is 2. The zero-order valence-corrected chi connectivity index (χ0v) is 8.54. The number of hydrogen-bond donors (Lipinski definition) is 0. The first-order chi connectivity index (χ1) is 6.68. The minimum atomic E-state index is -0.0856. The summed E-state index contributed by atoms with van der Waals surface area (Å²) in [7, 11) is 0. The molecule has 0 radical (unpaired) electrons. The predicted molar refractivity (Wildman–Crippen MR) is 50.6 cm³/mol. The van der Waals surface area contributed by atoms with Crippen LogP contribution in [0, 0.1) is 11.3 Å². The van der Waals surface area contributed by atoms with Gasteiger partial charge in [0.05, 0.1) is 12.5 Å². The van der Waals surface area contributed by atoms with Crippen molar-refractivity contribution < 1.29 is 14.3 Å². The Morgan fingerprint density at radius 2 is 2.29 bits per heavy atom. The second kappa shape index (κ2) is 3.37. The Morgan fingerprint density at radius 3 is 2.86 bits per heavy atom. The summed E-state index contributed by atoms with van der Waals surface area (Å²) in [4.78, 5) is 22.9. The highest BCUT2D eigenvalue weighted by molar-refractivity contribution is 5.84. The Balaban J connectivity index is 2.04. The van der Waals surface area contributed by atoms with Crippen molar-refractivity contribution in [1.82, 2.24) is 0 Å². The predicted octanol–water partition coefficient (Wildman–Crippen LogP) is 1.70. The van der Waals surface area contributed by atoms with Crippen molar-refractivity contribution in [2.75, 3.05) is 6.61 Å². The van der Waals surface area contributed by atoms with Crippen molar-refractivity contribution >= 4 is 11.8 Å². The molecule has 1 atom stereocenters. The van der Waals surface area contributed by atoms with E-state index in [1.54, 1.807) is 0 Å². The van der Waals surface area contributed by atoms with Crippen LogP contribution in [0.15, 0.2) is 0 Å². The molecule has 0 bridgehead atoms. The fourth-order valence-electron chi connectivity index (χ4n) is 2.51. The van der Waals surface area contributed by atoms with E-state index < -0.39 is 0 Å². The van der Waals surface area contributed by atoms with Gasteiger partial charge in [0.1, 0.15) is 5.78 Å². The highest BCUT2D eigenvalue weighted by Crippen LogP contribution is 2.58. The van der Waals surface area contributed by atoms with Crippen molar-refractivity contribution in [3.05, 3.63) is 0 Å². The van der Waals surface area contributed by atoms with Crippen LogP contribution in [0.3, 0.4) is 0 Å². The monoisotopic (exact) mass is 196 g/mol. The lowest BCUT2D eigenvalue weighted by molar-refractivity contribution is -0.152. The average molecular weight is 196 g/mol. The second-order valence-electron chi connectivity index (χ2n) is 4.42. The number of ether oxygens (including phenoxy) is 1. The number of ketones is 1. The van der Waals surface area contributed by atoms with Crippen LogP contribution in [-0.4, -0.2) is 18.4 Å². The molecular weight excluding hydrogens is 180 g/mol. The Labute approximate surface area is 83.8 Å². The van der Waals surface area contributed by atoms with E-state index in [0.717, 1.165) is 12.8 Å². The Hall–Kier alpha value is -0.860. The smallest absolute Gasteiger partial charge is 0.309 e. The number of carbonyl (C=O) groups is 2. The standard InChI is InChI=1S/C11H16O3/c1-2-14-10(13)9-4-3-8(12)7-11(9)5-6-11/h9H,2-7H2,1H3. The van der Waals surface area contributed by atoms with Gasteiger partial charge in [-0.1, -0.05) is 0 Å². The third-order valence-electron chi connectivity index (χ3n) is 3.46. The molecule has 0 aromatic carbocycles. The molecule has 2 fully saturated rings. The summed E-state index contributed by atoms with van der Waals surface area (Å²) in [5.41, 5.74) is 0.0155. The molecule has 2 saturated carbocycles. The summed E-state index contributed by atoms with van der Waals surface area (Å²) >= 11 is 0. The van der Waals surface area contributed by atoms with Gasteiger partial charge in [-0.3, -0.25) is 9.59 Å². The normalized spacial score (nSPS) is 28.9. The first kappa shape index (κ1) is 9.69. The van der Waals surface area contributed by atoms with Crippen LogP contribution in [0.5, 0.6) is 0 Å². The van der Waals surface area contributed by atoms with Crippen LogP contribution >= 0.6 is 0 Å². The van der Waals surface area contributed by atoms with Gasteiger partial charge >= 0.3 is 5.97 Å². The Morgan fingerprint density at radius 1 is 1.57 bits per heavy atom. The summed E-state index contributed by atoms with van der Waals surface area (Å²) in [5.74, 6) is 0.237. The first-order valence-electron chi connectivity index (χ1n) is 5.36. The third kappa shape index (κ3) is 1.56. The maximum absolute atomic E-state index is 11.6. The highest BCUT2D eigenvalue weighted by Gasteiger charge is 2.55. The van der Waals surface area contributed by atoms with Gasteiger partial charge in [0.25, 0.3) is 0 Å². The summed E-state index contributed by atoms with van der Waals surface area (Å²) in [6.07, 6.45) is 3.93. The maximum Gasteiger partial charge on any atom is 0.309 e. The summed E-state index contributed by atoms with van der Waals surface area (Å²) in [5, 5.41) is 0. The van der Waals surface area contributed by atoms with Crippen LogP contribution < -0.4 is 0 Å². The number of hydrogen-bond acceptors (Lipinski definition) is 3. The van der Waals surface area contributed by atoms with Gasteiger partial charge in [0.2, 0.25) is 0 Å². The zero-order valence-electron chi connectivity index (χ0n) is 8.54. The first-order valence-corrected chi connectivity index (χ1v) is 5.36. The Bertz CT molecular complexity index is 266. The van der Waals surface area contributed by atoms with Gasteiger partial charge < -0.3 is 4.74 Å². The van der Waals surface area contributed by atoms with E-state index in [9.17, 15) is 9.59 Å². The molecule has 1 unspecified atom stereocenters. The SMILES string of the molecule is CCOC(=O)C1CCC(=O)CC12CC2. The van der Waals surface area contributed by atoms with Crippen LogP contribution in [0.1, 0.15) is 39.0 Å². The molecule has 1 spiro atoms. The van der Waals surface area contributed by atoms with E-state index in [4.69, 9.17) is 4.74 Å². The molecule has 2 aliphatic carbocycles. The van der Waals surface area contributed by atoms with Gasteiger partial charge in [0.15, 0.2) is 0 Å². The Kier molecular flexibility index (Phi) is 2.33. The molecule has 2 rings (SSSR count). The van der Waals surface area contributed by atoms with Crippen LogP contribution in [0.25, 0.3) is 0 Å². The lowest BCUT2D eigenvalue weighted by Crippen LogP contribution is -2.33. The van der Waals surface area contributed by atoms with E-state index in [-0.39, 0.29) is 17.3 Å². The molecule has 0 N–H and O–H groups in total. The van der Waals surface area contributed by atoms with Gasteiger partial charge in [-0.05, 0) is 31.6 Å². The summed E-state index contributed by atoms with van der Waals surface area (Å²) in [6.45, 7) is 2.27. The molecule has 0 aromatic heterocycles. The van der Waals surface area contributed by atoms with E-state index in [1.807, 2.05) is 6.92 Å². The summed E-state index contributed by atoms with van der Waals surface area (Å²) < 4.78 is 5.04. The van der Waals surface area contributed by atoms with Gasteiger partial charge in [0, 0.05) is 12.8 Å². The minimum absolute atomic E-state index is 0.000139. The molecule has 0 amide bonds. The van der Waals surface area contributed by atoms with Crippen molar-refractivity contribution in [2.24, 2.45) is 11.3 Å². The number of esters is 1. The molecule has 3 heteroatoms. The van der Waals surface area contributed by atoms with Crippen molar-refractivity contribution in [3.8, 4) is 0 Å². The van der Waals surface area contributed by atoms with Crippen LogP contribution in [-0.2, 0) is 14.3 Å². The van der Waals surface area contributed by atoms with E-state index in [2.05, 4.69) is 0 Å². The average Bonchev–Trinajstić information content (AvgIpc) is 2.85. The van der Waals surface area contributed by atoms with Gasteiger partial charge in [-0.2, -0.15) is 0 Å². The van der Waals surface area contributed by atoms with Gasteiger partial charge in [-0.25, -0.2) is 0 Å². The number of rotatable bonds is 2. The molecule has 0 aliphatic heterocycles. The van der Waals surface area contributed by atoms with Crippen molar-refractivity contribution in [3.63, 3.8) is 0 Å². The van der Waals surface area contributed by atoms with Crippen molar-refractivity contribution in [1.29, 1.82) is 0 Å². The molecule has 2 aliphatic rings. The van der Waals surface area contributed by atoms with Crippen LogP contribution in [0.2, 0.25) is 0 Å². The quantitative estimate of drug-likeness (QED) is 0.631. The largest absolute Gasteiger partial charge is 0.466 e.